The van der Waals surface area contributed by atoms with Gasteiger partial charge in [0, 0.05) is 20.3 Å². The first-order valence-electron chi connectivity index (χ1n) is 4.19. The minimum atomic E-state index is -2.35. The normalized spacial score (nSPS) is 13.5. The van der Waals surface area contributed by atoms with Gasteiger partial charge in [-0.3, -0.25) is 0 Å². The SMILES string of the molecule is CC[Si](OC)(OC)OC(C)(C)C. The smallest absolute Gasteiger partial charge is 0.377 e. The molecule has 74 valence electrons. The molecule has 0 saturated carbocycles. The van der Waals surface area contributed by atoms with Gasteiger partial charge in [-0.25, -0.2) is 0 Å². The van der Waals surface area contributed by atoms with E-state index in [0.717, 1.165) is 6.04 Å². The molecule has 3 nitrogen and oxygen atoms in total. The molecule has 0 heterocycles. The molecule has 0 fully saturated rings. The number of hydrogen-bond donors (Lipinski definition) is 0. The van der Waals surface area contributed by atoms with Crippen molar-refractivity contribution in [1.29, 1.82) is 0 Å². The van der Waals surface area contributed by atoms with E-state index < -0.39 is 8.80 Å². The van der Waals surface area contributed by atoms with E-state index in [1.165, 1.54) is 0 Å². The van der Waals surface area contributed by atoms with E-state index in [4.69, 9.17) is 13.3 Å². The molecule has 0 bridgehead atoms. The summed E-state index contributed by atoms with van der Waals surface area (Å²) in [6.45, 7) is 8.03. The minimum Gasteiger partial charge on any atom is -0.377 e. The minimum absolute atomic E-state index is 0.200. The fourth-order valence-electron chi connectivity index (χ4n) is 0.994. The largest absolute Gasteiger partial charge is 0.500 e. The van der Waals surface area contributed by atoms with Crippen LogP contribution >= 0.6 is 0 Å². The summed E-state index contributed by atoms with van der Waals surface area (Å²) in [5, 5.41) is 0. The van der Waals surface area contributed by atoms with E-state index in [1.54, 1.807) is 14.2 Å². The molecular weight excluding hydrogens is 172 g/mol. The predicted molar refractivity (Wildman–Crippen MR) is 51.1 cm³/mol. The molecule has 0 atom stereocenters. The van der Waals surface area contributed by atoms with E-state index >= 15 is 0 Å². The van der Waals surface area contributed by atoms with Gasteiger partial charge in [0.05, 0.1) is 5.60 Å². The average molecular weight is 192 g/mol. The highest BCUT2D eigenvalue weighted by molar-refractivity contribution is 6.60. The second kappa shape index (κ2) is 4.37. The lowest BCUT2D eigenvalue weighted by Crippen LogP contribution is -2.48. The molecule has 4 heteroatoms. The van der Waals surface area contributed by atoms with Gasteiger partial charge in [0.1, 0.15) is 0 Å². The summed E-state index contributed by atoms with van der Waals surface area (Å²) >= 11 is 0. The third kappa shape index (κ3) is 3.67. The van der Waals surface area contributed by atoms with E-state index in [1.807, 2.05) is 27.7 Å². The Kier molecular flexibility index (Phi) is 4.40. The van der Waals surface area contributed by atoms with Crippen LogP contribution in [0.4, 0.5) is 0 Å². The Morgan fingerprint density at radius 2 is 1.50 bits per heavy atom. The van der Waals surface area contributed by atoms with Crippen molar-refractivity contribution in [3.63, 3.8) is 0 Å². The second-order valence-electron chi connectivity index (χ2n) is 3.66. The van der Waals surface area contributed by atoms with Crippen LogP contribution in [0.2, 0.25) is 6.04 Å². The summed E-state index contributed by atoms with van der Waals surface area (Å²) in [7, 11) is 0.935. The lowest BCUT2D eigenvalue weighted by molar-refractivity contribution is 0.0174. The van der Waals surface area contributed by atoms with Gasteiger partial charge >= 0.3 is 8.80 Å². The van der Waals surface area contributed by atoms with E-state index in [2.05, 4.69) is 0 Å². The van der Waals surface area contributed by atoms with Gasteiger partial charge in [-0.1, -0.05) is 6.92 Å². The summed E-state index contributed by atoms with van der Waals surface area (Å²) in [6, 6.07) is 0.803. The Bertz CT molecular complexity index is 118. The van der Waals surface area contributed by atoms with Crippen molar-refractivity contribution in [2.75, 3.05) is 14.2 Å². The van der Waals surface area contributed by atoms with Crippen molar-refractivity contribution in [2.45, 2.75) is 39.3 Å². The predicted octanol–water partition coefficient (Wildman–Crippen LogP) is 2.05. The van der Waals surface area contributed by atoms with Gasteiger partial charge in [0.25, 0.3) is 0 Å². The Morgan fingerprint density at radius 1 is 1.08 bits per heavy atom. The van der Waals surface area contributed by atoms with Gasteiger partial charge in [-0.05, 0) is 20.8 Å². The van der Waals surface area contributed by atoms with Gasteiger partial charge in [-0.2, -0.15) is 0 Å². The van der Waals surface area contributed by atoms with Crippen LogP contribution in [0.3, 0.4) is 0 Å². The average Bonchev–Trinajstić information content (AvgIpc) is 1.99. The van der Waals surface area contributed by atoms with Gasteiger partial charge < -0.3 is 13.3 Å². The Balaban J connectivity index is 4.30. The standard InChI is InChI=1S/C8H20O3Si/c1-7-12(9-5,10-6)11-8(2,3)4/h7H2,1-6H3. The first-order valence-corrected chi connectivity index (χ1v) is 6.13. The fraction of sp³-hybridized carbons (Fsp3) is 1.00. The van der Waals surface area contributed by atoms with Crippen molar-refractivity contribution in [2.24, 2.45) is 0 Å². The van der Waals surface area contributed by atoms with Gasteiger partial charge in [0.2, 0.25) is 0 Å². The summed E-state index contributed by atoms with van der Waals surface area (Å²) in [5.41, 5.74) is -0.200. The zero-order valence-electron chi connectivity index (χ0n) is 8.93. The third-order valence-corrected chi connectivity index (χ3v) is 4.55. The fourth-order valence-corrected chi connectivity index (χ4v) is 2.98. The van der Waals surface area contributed by atoms with Crippen molar-refractivity contribution < 1.29 is 13.3 Å². The first-order chi connectivity index (χ1) is 5.39. The van der Waals surface area contributed by atoms with Crippen molar-refractivity contribution in [1.82, 2.24) is 0 Å². The van der Waals surface area contributed by atoms with Crippen LogP contribution < -0.4 is 0 Å². The molecule has 0 radical (unpaired) electrons. The topological polar surface area (TPSA) is 27.7 Å². The molecular formula is C8H20O3Si. The molecule has 0 aromatic rings. The van der Waals surface area contributed by atoms with Gasteiger partial charge in [0.15, 0.2) is 0 Å². The van der Waals surface area contributed by atoms with E-state index in [-0.39, 0.29) is 5.60 Å². The zero-order chi connectivity index (χ0) is 9.83. The van der Waals surface area contributed by atoms with Crippen LogP contribution in [0.1, 0.15) is 27.7 Å². The molecule has 0 unspecified atom stereocenters. The molecule has 0 rings (SSSR count). The van der Waals surface area contributed by atoms with Crippen LogP contribution in [0.15, 0.2) is 0 Å². The quantitative estimate of drug-likeness (QED) is 0.638. The molecule has 0 aromatic heterocycles. The van der Waals surface area contributed by atoms with Crippen LogP contribution in [-0.2, 0) is 13.3 Å². The molecule has 0 aliphatic rings. The molecule has 0 saturated heterocycles. The van der Waals surface area contributed by atoms with Crippen LogP contribution in [-0.4, -0.2) is 28.6 Å². The molecule has 0 spiro atoms. The second-order valence-corrected chi connectivity index (χ2v) is 6.75. The number of rotatable bonds is 4. The maximum atomic E-state index is 5.77. The molecule has 0 aliphatic heterocycles. The monoisotopic (exact) mass is 192 g/mol. The maximum absolute atomic E-state index is 5.77. The molecule has 0 amide bonds. The summed E-state index contributed by atoms with van der Waals surface area (Å²) < 4.78 is 16.4. The summed E-state index contributed by atoms with van der Waals surface area (Å²) in [4.78, 5) is 0. The molecule has 12 heavy (non-hydrogen) atoms. The maximum Gasteiger partial charge on any atom is 0.500 e. The Labute approximate surface area is 76.4 Å². The van der Waals surface area contributed by atoms with Gasteiger partial charge in [-0.15, -0.1) is 0 Å². The van der Waals surface area contributed by atoms with Crippen molar-refractivity contribution >= 4 is 8.80 Å². The Hall–Kier alpha value is 0.0969. The number of hydrogen-bond acceptors (Lipinski definition) is 3. The lowest BCUT2D eigenvalue weighted by atomic mass is 10.2. The highest BCUT2D eigenvalue weighted by Gasteiger charge is 2.40. The van der Waals surface area contributed by atoms with Crippen LogP contribution in [0.5, 0.6) is 0 Å². The lowest BCUT2D eigenvalue weighted by Gasteiger charge is -2.32. The van der Waals surface area contributed by atoms with E-state index in [0.29, 0.717) is 0 Å². The highest BCUT2D eigenvalue weighted by atomic mass is 28.4. The first kappa shape index (κ1) is 12.1. The highest BCUT2D eigenvalue weighted by Crippen LogP contribution is 2.20. The van der Waals surface area contributed by atoms with Crippen molar-refractivity contribution in [3.05, 3.63) is 0 Å². The summed E-state index contributed by atoms with van der Waals surface area (Å²) in [5.74, 6) is 0. The van der Waals surface area contributed by atoms with Crippen molar-refractivity contribution in [3.8, 4) is 0 Å². The molecule has 0 aromatic carbocycles. The third-order valence-electron chi connectivity index (χ3n) is 1.52. The van der Waals surface area contributed by atoms with E-state index in [9.17, 15) is 0 Å². The molecule has 0 N–H and O–H groups in total. The zero-order valence-corrected chi connectivity index (χ0v) is 9.93. The Morgan fingerprint density at radius 3 is 1.58 bits per heavy atom. The molecule has 0 aliphatic carbocycles. The van der Waals surface area contributed by atoms with Crippen LogP contribution in [0.25, 0.3) is 0 Å². The summed E-state index contributed by atoms with van der Waals surface area (Å²) in [6.07, 6.45) is 0. The van der Waals surface area contributed by atoms with Crippen LogP contribution in [0, 0.1) is 0 Å².